The molecule has 0 fully saturated rings. The normalized spacial score (nSPS) is 11.8. The third-order valence-electron chi connectivity index (χ3n) is 10.5. The molecule has 0 aliphatic rings. The first kappa shape index (κ1) is 28.8. The second-order valence-corrected chi connectivity index (χ2v) is 13.4. The van der Waals surface area contributed by atoms with Gasteiger partial charge in [-0.1, -0.05) is 127 Å². The van der Waals surface area contributed by atoms with Crippen LogP contribution >= 0.6 is 0 Å². The van der Waals surface area contributed by atoms with E-state index in [0.29, 0.717) is 5.95 Å². The van der Waals surface area contributed by atoms with Gasteiger partial charge >= 0.3 is 0 Å². The molecule has 3 heterocycles. The molecule has 8 aromatic carbocycles. The summed E-state index contributed by atoms with van der Waals surface area (Å²) in [5.41, 5.74) is 10.9. The highest BCUT2D eigenvalue weighted by molar-refractivity contribution is 6.22. The van der Waals surface area contributed by atoms with Gasteiger partial charge in [0, 0.05) is 38.2 Å². The van der Waals surface area contributed by atoms with Crippen molar-refractivity contribution >= 4 is 65.3 Å². The smallest absolute Gasteiger partial charge is 0.235 e. The average molecular weight is 663 g/mol. The lowest BCUT2D eigenvalue weighted by molar-refractivity contribution is 1.01. The maximum atomic E-state index is 5.47. The van der Waals surface area contributed by atoms with Gasteiger partial charge in [0.2, 0.25) is 5.95 Å². The molecule has 4 heteroatoms. The summed E-state index contributed by atoms with van der Waals surface area (Å²) in [6.07, 6.45) is 0. The molecule has 0 saturated heterocycles. The van der Waals surface area contributed by atoms with Crippen LogP contribution < -0.4 is 0 Å². The molecule has 242 valence electrons. The minimum atomic E-state index is 0.656. The fourth-order valence-electron chi connectivity index (χ4n) is 8.18. The van der Waals surface area contributed by atoms with Gasteiger partial charge in [-0.25, -0.2) is 9.97 Å². The minimum Gasteiger partial charge on any atom is -0.309 e. The van der Waals surface area contributed by atoms with Crippen LogP contribution in [-0.2, 0) is 0 Å². The summed E-state index contributed by atoms with van der Waals surface area (Å²) in [6, 6.07) is 64.8. The Morgan fingerprint density at radius 1 is 0.346 bits per heavy atom. The molecule has 0 atom stereocenters. The Balaban J connectivity index is 1.19. The van der Waals surface area contributed by atoms with Crippen molar-refractivity contribution in [3.63, 3.8) is 0 Å². The van der Waals surface area contributed by atoms with Gasteiger partial charge in [0.25, 0.3) is 0 Å². The van der Waals surface area contributed by atoms with E-state index in [1.807, 2.05) is 0 Å². The number of benzene rings is 8. The topological polar surface area (TPSA) is 35.6 Å². The summed E-state index contributed by atoms with van der Waals surface area (Å²) < 4.78 is 4.60. The Hall–Kier alpha value is -7.04. The number of para-hydroxylation sites is 3. The molecule has 11 aromatic rings. The molecule has 0 aliphatic carbocycles. The van der Waals surface area contributed by atoms with Crippen molar-refractivity contribution in [3.05, 3.63) is 182 Å². The molecular formula is C48H30N4. The largest absolute Gasteiger partial charge is 0.309 e. The van der Waals surface area contributed by atoms with Crippen molar-refractivity contribution in [1.29, 1.82) is 0 Å². The van der Waals surface area contributed by atoms with Crippen molar-refractivity contribution in [2.75, 3.05) is 0 Å². The van der Waals surface area contributed by atoms with Gasteiger partial charge in [0.15, 0.2) is 0 Å². The van der Waals surface area contributed by atoms with E-state index in [1.165, 1.54) is 54.5 Å². The molecule has 0 saturated carbocycles. The Morgan fingerprint density at radius 2 is 0.962 bits per heavy atom. The second-order valence-electron chi connectivity index (χ2n) is 13.4. The van der Waals surface area contributed by atoms with Gasteiger partial charge < -0.3 is 4.57 Å². The Bertz CT molecular complexity index is 3170. The molecule has 0 radical (unpaired) electrons. The maximum absolute atomic E-state index is 5.47. The standard InChI is InChI=1S/C48H30N4/c1-3-13-31(14-4-1)33-24-26-44-40(29-33)46-36-18-8-7-15-32(36)23-28-45(46)52(44)48-49-41-21-11-9-20-38(41)47(50-48)34-25-27-43-39(30-34)37-19-10-12-22-42(37)51(43)35-16-5-2-6-17-35/h1-30H. The first-order valence-electron chi connectivity index (χ1n) is 17.7. The summed E-state index contributed by atoms with van der Waals surface area (Å²) in [6.45, 7) is 0. The van der Waals surface area contributed by atoms with Crippen LogP contribution in [0, 0.1) is 0 Å². The van der Waals surface area contributed by atoms with E-state index < -0.39 is 0 Å². The molecule has 3 aromatic heterocycles. The van der Waals surface area contributed by atoms with Crippen LogP contribution in [0.1, 0.15) is 0 Å². The van der Waals surface area contributed by atoms with Crippen LogP contribution in [0.4, 0.5) is 0 Å². The van der Waals surface area contributed by atoms with Crippen LogP contribution in [0.2, 0.25) is 0 Å². The van der Waals surface area contributed by atoms with Gasteiger partial charge in [-0.2, -0.15) is 0 Å². The van der Waals surface area contributed by atoms with Gasteiger partial charge in [-0.3, -0.25) is 4.57 Å². The fraction of sp³-hybridized carbons (Fsp3) is 0. The quantitative estimate of drug-likeness (QED) is 0.188. The van der Waals surface area contributed by atoms with E-state index in [4.69, 9.17) is 9.97 Å². The fourth-order valence-corrected chi connectivity index (χ4v) is 8.18. The van der Waals surface area contributed by atoms with Gasteiger partial charge in [0.05, 0.1) is 33.3 Å². The molecule has 0 N–H and O–H groups in total. The van der Waals surface area contributed by atoms with Gasteiger partial charge in [0.1, 0.15) is 0 Å². The van der Waals surface area contributed by atoms with Crippen LogP contribution in [0.5, 0.6) is 0 Å². The molecule has 0 unspecified atom stereocenters. The van der Waals surface area contributed by atoms with E-state index in [1.54, 1.807) is 0 Å². The molecular weight excluding hydrogens is 633 g/mol. The molecule has 0 spiro atoms. The predicted molar refractivity (Wildman–Crippen MR) is 217 cm³/mol. The van der Waals surface area contributed by atoms with Crippen molar-refractivity contribution in [2.45, 2.75) is 0 Å². The van der Waals surface area contributed by atoms with Crippen LogP contribution in [0.25, 0.3) is 99.3 Å². The van der Waals surface area contributed by atoms with Crippen molar-refractivity contribution in [3.8, 4) is 34.0 Å². The zero-order valence-electron chi connectivity index (χ0n) is 28.1. The summed E-state index contributed by atoms with van der Waals surface area (Å²) in [4.78, 5) is 10.7. The number of rotatable bonds is 4. The highest BCUT2D eigenvalue weighted by Gasteiger charge is 2.20. The average Bonchev–Trinajstić information content (AvgIpc) is 3.73. The van der Waals surface area contributed by atoms with E-state index >= 15 is 0 Å². The summed E-state index contributed by atoms with van der Waals surface area (Å²) in [5, 5.41) is 8.25. The lowest BCUT2D eigenvalue weighted by atomic mass is 10.0. The summed E-state index contributed by atoms with van der Waals surface area (Å²) >= 11 is 0. The number of aromatic nitrogens is 4. The summed E-state index contributed by atoms with van der Waals surface area (Å²) in [7, 11) is 0. The molecule has 0 amide bonds. The second kappa shape index (κ2) is 11.2. The third kappa shape index (κ3) is 4.28. The van der Waals surface area contributed by atoms with Crippen molar-refractivity contribution < 1.29 is 0 Å². The highest BCUT2D eigenvalue weighted by atomic mass is 15.2. The zero-order chi connectivity index (χ0) is 34.2. The molecule has 52 heavy (non-hydrogen) atoms. The van der Waals surface area contributed by atoms with Crippen LogP contribution in [-0.4, -0.2) is 19.1 Å². The lowest BCUT2D eigenvalue weighted by Crippen LogP contribution is -2.03. The highest BCUT2D eigenvalue weighted by Crippen LogP contribution is 2.40. The van der Waals surface area contributed by atoms with E-state index in [-0.39, 0.29) is 0 Å². The predicted octanol–water partition coefficient (Wildman–Crippen LogP) is 12.3. The summed E-state index contributed by atoms with van der Waals surface area (Å²) in [5.74, 6) is 0.656. The minimum absolute atomic E-state index is 0.656. The zero-order valence-corrected chi connectivity index (χ0v) is 28.1. The lowest BCUT2D eigenvalue weighted by Gasteiger charge is -2.12. The Morgan fingerprint density at radius 3 is 1.81 bits per heavy atom. The number of hydrogen-bond donors (Lipinski definition) is 0. The molecule has 11 rings (SSSR count). The van der Waals surface area contributed by atoms with E-state index in [2.05, 4.69) is 191 Å². The Kier molecular flexibility index (Phi) is 6.22. The first-order valence-corrected chi connectivity index (χ1v) is 17.7. The molecule has 4 nitrogen and oxygen atoms in total. The van der Waals surface area contributed by atoms with Crippen LogP contribution in [0.3, 0.4) is 0 Å². The number of nitrogens with zero attached hydrogens (tertiary/aromatic N) is 4. The molecule has 0 aliphatic heterocycles. The van der Waals surface area contributed by atoms with Gasteiger partial charge in [-0.15, -0.1) is 0 Å². The monoisotopic (exact) mass is 662 g/mol. The number of hydrogen-bond acceptors (Lipinski definition) is 2. The first-order chi connectivity index (χ1) is 25.8. The van der Waals surface area contributed by atoms with Crippen molar-refractivity contribution in [2.24, 2.45) is 0 Å². The SMILES string of the molecule is c1ccc(-c2ccc3c(c2)c2c4ccccc4ccc2n3-c2nc(-c3ccc4c(c3)c3ccccc3n4-c3ccccc3)c3ccccc3n2)cc1. The molecule has 0 bridgehead atoms. The van der Waals surface area contributed by atoms with E-state index in [9.17, 15) is 0 Å². The third-order valence-corrected chi connectivity index (χ3v) is 10.5. The van der Waals surface area contributed by atoms with Crippen LogP contribution in [0.15, 0.2) is 182 Å². The number of fused-ring (bicyclic) bond motifs is 9. The van der Waals surface area contributed by atoms with Gasteiger partial charge in [-0.05, 0) is 76.5 Å². The van der Waals surface area contributed by atoms with Crippen molar-refractivity contribution in [1.82, 2.24) is 19.1 Å². The van der Waals surface area contributed by atoms with E-state index in [0.717, 1.165) is 38.9 Å². The maximum Gasteiger partial charge on any atom is 0.235 e. The Labute approximate surface area is 299 Å².